The van der Waals surface area contributed by atoms with Gasteiger partial charge in [0.1, 0.15) is 11.4 Å². The lowest BCUT2D eigenvalue weighted by Gasteiger charge is -2.31. The van der Waals surface area contributed by atoms with E-state index in [2.05, 4.69) is 0 Å². The third-order valence-electron chi connectivity index (χ3n) is 5.55. The molecule has 140 valence electrons. The van der Waals surface area contributed by atoms with Crippen molar-refractivity contribution in [3.8, 4) is 0 Å². The number of aromatic carboxylic acids is 1. The second-order valence-electron chi connectivity index (χ2n) is 7.60. The Morgan fingerprint density at radius 3 is 2.54 bits per heavy atom. The van der Waals surface area contributed by atoms with E-state index < -0.39 is 11.5 Å². The van der Waals surface area contributed by atoms with Crippen LogP contribution in [0, 0.1) is 19.1 Å². The summed E-state index contributed by atoms with van der Waals surface area (Å²) in [5.74, 6) is -0.705. The highest BCUT2D eigenvalue weighted by Crippen LogP contribution is 2.38. The predicted molar refractivity (Wildman–Crippen MR) is 96.7 cm³/mol. The molecule has 26 heavy (non-hydrogen) atoms. The Labute approximate surface area is 153 Å². The van der Waals surface area contributed by atoms with Crippen LogP contribution in [-0.4, -0.2) is 52.3 Å². The second kappa shape index (κ2) is 5.81. The number of aromatic nitrogens is 1. The lowest BCUT2D eigenvalue weighted by molar-refractivity contribution is -0.677. The summed E-state index contributed by atoms with van der Waals surface area (Å²) in [6.07, 6.45) is 3.25. The van der Waals surface area contributed by atoms with Gasteiger partial charge in [-0.05, 0) is 51.4 Å². The topological polar surface area (TPSA) is 77.1 Å². The van der Waals surface area contributed by atoms with E-state index in [-0.39, 0.29) is 17.4 Å². The first-order chi connectivity index (χ1) is 12.1. The first kappa shape index (κ1) is 18.4. The highest BCUT2D eigenvalue weighted by molar-refractivity contribution is 6.18. The SMILES string of the molecule is CCc1c[n+]2c(c(C(=O)O)c1C)C1=NC(C)(C(C)C)C(=O)N1[C-]2N(C)C. The normalized spacial score (nSPS) is 21.6. The molecule has 0 aliphatic carbocycles. The van der Waals surface area contributed by atoms with Gasteiger partial charge in [0.25, 0.3) is 5.91 Å². The molecule has 1 N–H and O–H groups in total. The largest absolute Gasteiger partial charge is 0.478 e. The zero-order valence-corrected chi connectivity index (χ0v) is 16.4. The van der Waals surface area contributed by atoms with Gasteiger partial charge in [-0.3, -0.25) is 24.2 Å². The molecule has 1 aromatic rings. The average molecular weight is 358 g/mol. The summed E-state index contributed by atoms with van der Waals surface area (Å²) in [5, 5.41) is 9.91. The maximum Gasteiger partial charge on any atom is 0.330 e. The third-order valence-corrected chi connectivity index (χ3v) is 5.55. The maximum absolute atomic E-state index is 13.3. The number of carbonyl (C=O) groups is 2. The minimum absolute atomic E-state index is 0.00532. The van der Waals surface area contributed by atoms with Gasteiger partial charge in [0.2, 0.25) is 6.29 Å². The standard InChI is InChI=1S/C19H26N4O3/c1-8-12-9-22-14(13(11(12)4)16(24)25)15-20-19(5,10(2)3)17(26)23(15)18(22)21(6)7/h9-10H,8H2,1-7H3,(H,24,25). The predicted octanol–water partition coefficient (Wildman–Crippen LogP) is 1.42. The molecule has 0 fully saturated rings. The van der Waals surface area contributed by atoms with Crippen molar-refractivity contribution in [3.63, 3.8) is 0 Å². The molecule has 1 unspecified atom stereocenters. The molecule has 7 heteroatoms. The van der Waals surface area contributed by atoms with Crippen molar-refractivity contribution in [1.82, 2.24) is 9.80 Å². The molecule has 1 amide bonds. The molecule has 3 rings (SSSR count). The number of amides is 1. The zero-order chi connectivity index (χ0) is 19.5. The number of amidine groups is 1. The number of nitrogens with zero attached hydrogens (tertiary/aromatic N) is 4. The fourth-order valence-corrected chi connectivity index (χ4v) is 3.66. The molecule has 0 saturated heterocycles. The van der Waals surface area contributed by atoms with Crippen molar-refractivity contribution in [1.29, 1.82) is 0 Å². The van der Waals surface area contributed by atoms with E-state index in [0.29, 0.717) is 24.2 Å². The average Bonchev–Trinajstić information content (AvgIpc) is 2.99. The van der Waals surface area contributed by atoms with Gasteiger partial charge in [-0.25, -0.2) is 4.79 Å². The monoisotopic (exact) mass is 358 g/mol. The number of carbonyl (C=O) groups excluding carboxylic acids is 1. The molecule has 0 bridgehead atoms. The van der Waals surface area contributed by atoms with Gasteiger partial charge < -0.3 is 5.11 Å². The minimum atomic E-state index is -1.00. The van der Waals surface area contributed by atoms with Crippen LogP contribution in [0.5, 0.6) is 0 Å². The van der Waals surface area contributed by atoms with Crippen LogP contribution in [-0.2, 0) is 11.2 Å². The Bertz CT molecular complexity index is 844. The van der Waals surface area contributed by atoms with Gasteiger partial charge in [0, 0.05) is 0 Å². The minimum Gasteiger partial charge on any atom is -0.478 e. The quantitative estimate of drug-likeness (QED) is 0.652. The van der Waals surface area contributed by atoms with Crippen LogP contribution in [0.2, 0.25) is 0 Å². The molecule has 0 saturated carbocycles. The Hall–Kier alpha value is -2.41. The molecule has 0 spiro atoms. The number of hydrogen-bond acceptors (Lipinski definition) is 4. The summed E-state index contributed by atoms with van der Waals surface area (Å²) in [6.45, 7) is 9.54. The highest BCUT2D eigenvalue weighted by atomic mass is 16.4. The summed E-state index contributed by atoms with van der Waals surface area (Å²) in [7, 11) is 3.69. The molecule has 1 atom stereocenters. The van der Waals surface area contributed by atoms with Crippen molar-refractivity contribution >= 4 is 17.7 Å². The summed E-state index contributed by atoms with van der Waals surface area (Å²) < 4.78 is 1.80. The molecule has 0 aromatic carbocycles. The van der Waals surface area contributed by atoms with Crippen LogP contribution in [0.3, 0.4) is 0 Å². The summed E-state index contributed by atoms with van der Waals surface area (Å²) in [4.78, 5) is 33.5. The number of fused-ring (bicyclic) bond motifs is 3. The van der Waals surface area contributed by atoms with Crippen LogP contribution in [0.4, 0.5) is 0 Å². The van der Waals surface area contributed by atoms with Crippen molar-refractivity contribution in [2.45, 2.75) is 46.6 Å². The Morgan fingerprint density at radius 2 is 2.08 bits per heavy atom. The van der Waals surface area contributed by atoms with Crippen molar-refractivity contribution < 1.29 is 19.3 Å². The van der Waals surface area contributed by atoms with E-state index in [1.807, 2.05) is 59.8 Å². The molecule has 0 radical (unpaired) electrons. The number of aryl methyl sites for hydroxylation is 1. The van der Waals surface area contributed by atoms with Gasteiger partial charge >= 0.3 is 5.97 Å². The second-order valence-corrected chi connectivity index (χ2v) is 7.60. The summed E-state index contributed by atoms with van der Waals surface area (Å²) >= 11 is 0. The highest BCUT2D eigenvalue weighted by Gasteiger charge is 2.56. The van der Waals surface area contributed by atoms with Crippen LogP contribution in [0.1, 0.15) is 54.9 Å². The number of aliphatic imine (C=N–C) groups is 1. The maximum atomic E-state index is 13.3. The molecule has 3 heterocycles. The first-order valence-electron chi connectivity index (χ1n) is 8.87. The van der Waals surface area contributed by atoms with Gasteiger partial charge in [-0.15, -0.1) is 0 Å². The van der Waals surface area contributed by atoms with Crippen LogP contribution >= 0.6 is 0 Å². The lowest BCUT2D eigenvalue weighted by atomic mass is 9.89. The number of pyridine rings is 1. The third kappa shape index (κ3) is 2.19. The van der Waals surface area contributed by atoms with Gasteiger partial charge in [-0.1, -0.05) is 20.8 Å². The summed E-state index contributed by atoms with van der Waals surface area (Å²) in [6, 6.07) is 0. The van der Waals surface area contributed by atoms with Gasteiger partial charge in [-0.2, -0.15) is 0 Å². The van der Waals surface area contributed by atoms with E-state index in [1.54, 1.807) is 9.47 Å². The molecule has 2 aliphatic heterocycles. The van der Waals surface area contributed by atoms with Crippen molar-refractivity contribution in [3.05, 3.63) is 34.9 Å². The molecular weight excluding hydrogens is 332 g/mol. The van der Waals surface area contributed by atoms with Gasteiger partial charge in [0.15, 0.2) is 5.69 Å². The molecule has 2 aliphatic rings. The van der Waals surface area contributed by atoms with Crippen LogP contribution < -0.4 is 4.57 Å². The Balaban J connectivity index is 2.39. The summed E-state index contributed by atoms with van der Waals surface area (Å²) in [5.41, 5.74) is 1.45. The Morgan fingerprint density at radius 1 is 1.46 bits per heavy atom. The van der Waals surface area contributed by atoms with Crippen molar-refractivity contribution in [2.24, 2.45) is 10.9 Å². The fraction of sp³-hybridized carbons (Fsp3) is 0.526. The van der Waals surface area contributed by atoms with E-state index in [4.69, 9.17) is 4.99 Å². The smallest absolute Gasteiger partial charge is 0.330 e. The molecular formula is C19H26N4O3. The van der Waals surface area contributed by atoms with E-state index >= 15 is 0 Å². The van der Waals surface area contributed by atoms with Gasteiger partial charge in [0.05, 0.1) is 11.8 Å². The Kier molecular flexibility index (Phi) is 4.10. The zero-order valence-electron chi connectivity index (χ0n) is 16.4. The van der Waals surface area contributed by atoms with E-state index in [9.17, 15) is 14.7 Å². The number of rotatable bonds is 4. The fourth-order valence-electron chi connectivity index (χ4n) is 3.66. The first-order valence-corrected chi connectivity index (χ1v) is 8.87. The van der Waals surface area contributed by atoms with E-state index in [1.165, 1.54) is 0 Å². The van der Waals surface area contributed by atoms with Crippen LogP contribution in [0.25, 0.3) is 0 Å². The van der Waals surface area contributed by atoms with Crippen molar-refractivity contribution in [2.75, 3.05) is 14.1 Å². The lowest BCUT2D eigenvalue weighted by Crippen LogP contribution is -2.56. The number of carboxylic acid groups (broad SMARTS) is 1. The molecule has 1 aromatic heterocycles. The number of hydrogen-bond donors (Lipinski definition) is 1. The molecule has 7 nitrogen and oxygen atoms in total. The van der Waals surface area contributed by atoms with Crippen LogP contribution in [0.15, 0.2) is 11.2 Å². The van der Waals surface area contributed by atoms with E-state index in [0.717, 1.165) is 11.1 Å². The number of carboxylic acids is 1.